The maximum Gasteiger partial charge on any atom is 0.410 e. The van der Waals surface area contributed by atoms with Gasteiger partial charge in [0.15, 0.2) is 0 Å². The lowest BCUT2D eigenvalue weighted by molar-refractivity contribution is -0.122. The van der Waals surface area contributed by atoms with E-state index >= 15 is 0 Å². The van der Waals surface area contributed by atoms with Crippen LogP contribution in [0.5, 0.6) is 0 Å². The van der Waals surface area contributed by atoms with Crippen LogP contribution in [0.3, 0.4) is 0 Å². The molecule has 0 unspecified atom stereocenters. The smallest absolute Gasteiger partial charge is 0.410 e. The number of amides is 2. The molecule has 0 saturated carbocycles. The lowest BCUT2D eigenvalue weighted by atomic mass is 10.1. The molecule has 1 saturated heterocycles. The van der Waals surface area contributed by atoms with Crippen LogP contribution < -0.4 is 5.32 Å². The predicted molar refractivity (Wildman–Crippen MR) is 112 cm³/mol. The van der Waals surface area contributed by atoms with E-state index in [0.29, 0.717) is 37.4 Å². The molecule has 1 heterocycles. The molecule has 2 amide bonds. The average molecular weight is 442 g/mol. The number of benzene rings is 1. The fourth-order valence-electron chi connectivity index (χ4n) is 2.85. The van der Waals surface area contributed by atoms with Gasteiger partial charge in [-0.15, -0.1) is 0 Å². The standard InChI is InChI=1S/C20H31N3O6S/c1-20(2,3)29-19(25)22(4)14-18(24)21-13-16-7-5-6-8-17(16)15-30(26,27)23-9-11-28-12-10-23/h5-8H,9-15H2,1-4H3,(H,21,24). The zero-order chi connectivity index (χ0) is 22.4. The molecule has 0 aromatic heterocycles. The molecule has 0 spiro atoms. The molecule has 30 heavy (non-hydrogen) atoms. The first kappa shape index (κ1) is 24.1. The predicted octanol–water partition coefficient (Wildman–Crippen LogP) is 1.33. The number of carbonyl (C=O) groups is 2. The van der Waals surface area contributed by atoms with Crippen molar-refractivity contribution in [1.29, 1.82) is 0 Å². The van der Waals surface area contributed by atoms with Crippen LogP contribution >= 0.6 is 0 Å². The van der Waals surface area contributed by atoms with Gasteiger partial charge < -0.3 is 19.7 Å². The third-order valence-corrected chi connectivity index (χ3v) is 6.21. The van der Waals surface area contributed by atoms with E-state index in [-0.39, 0.29) is 24.7 Å². The van der Waals surface area contributed by atoms with Gasteiger partial charge in [0.2, 0.25) is 15.9 Å². The summed E-state index contributed by atoms with van der Waals surface area (Å²) >= 11 is 0. The minimum atomic E-state index is -3.47. The highest BCUT2D eigenvalue weighted by Gasteiger charge is 2.25. The average Bonchev–Trinajstić information content (AvgIpc) is 2.66. The van der Waals surface area contributed by atoms with Gasteiger partial charge in [0.05, 0.1) is 19.0 Å². The van der Waals surface area contributed by atoms with Crippen molar-refractivity contribution in [2.24, 2.45) is 0 Å². The molecule has 1 N–H and O–H groups in total. The van der Waals surface area contributed by atoms with E-state index in [4.69, 9.17) is 9.47 Å². The van der Waals surface area contributed by atoms with Gasteiger partial charge in [-0.1, -0.05) is 24.3 Å². The van der Waals surface area contributed by atoms with E-state index < -0.39 is 21.7 Å². The Balaban J connectivity index is 1.94. The zero-order valence-electron chi connectivity index (χ0n) is 18.0. The second kappa shape index (κ2) is 10.2. The minimum Gasteiger partial charge on any atom is -0.444 e. The summed E-state index contributed by atoms with van der Waals surface area (Å²) in [4.78, 5) is 25.4. The Morgan fingerprint density at radius 2 is 1.77 bits per heavy atom. The summed E-state index contributed by atoms with van der Waals surface area (Å²) in [7, 11) is -1.99. The molecule has 0 radical (unpaired) electrons. The van der Waals surface area contributed by atoms with Gasteiger partial charge in [0.25, 0.3) is 0 Å². The van der Waals surface area contributed by atoms with E-state index in [9.17, 15) is 18.0 Å². The second-order valence-electron chi connectivity index (χ2n) is 8.15. The number of likely N-dealkylation sites (N-methyl/N-ethyl adjacent to an activating group) is 1. The number of morpholine rings is 1. The van der Waals surface area contributed by atoms with Crippen LogP contribution in [0.2, 0.25) is 0 Å². The largest absolute Gasteiger partial charge is 0.444 e. The lowest BCUT2D eigenvalue weighted by Gasteiger charge is -2.26. The highest BCUT2D eigenvalue weighted by Crippen LogP contribution is 2.16. The molecular formula is C20H31N3O6S. The summed E-state index contributed by atoms with van der Waals surface area (Å²) in [6.07, 6.45) is -0.588. The first-order valence-electron chi connectivity index (χ1n) is 9.81. The number of ether oxygens (including phenoxy) is 2. The summed E-state index contributed by atoms with van der Waals surface area (Å²) in [6, 6.07) is 7.08. The molecule has 9 nitrogen and oxygen atoms in total. The molecule has 0 aliphatic carbocycles. The Kier molecular flexibility index (Phi) is 8.22. The van der Waals surface area contributed by atoms with E-state index in [1.54, 1.807) is 45.0 Å². The number of carbonyl (C=O) groups excluding carboxylic acids is 2. The normalized spacial score (nSPS) is 15.5. The third kappa shape index (κ3) is 7.58. The Morgan fingerprint density at radius 1 is 1.17 bits per heavy atom. The van der Waals surface area contributed by atoms with Crippen molar-refractivity contribution < 1.29 is 27.5 Å². The van der Waals surface area contributed by atoms with Gasteiger partial charge in [0, 0.05) is 26.7 Å². The van der Waals surface area contributed by atoms with Crippen LogP contribution in [0.4, 0.5) is 4.79 Å². The van der Waals surface area contributed by atoms with E-state index in [2.05, 4.69) is 5.32 Å². The number of nitrogens with one attached hydrogen (secondary N) is 1. The molecule has 2 rings (SSSR count). The molecule has 1 aliphatic heterocycles. The SMILES string of the molecule is CN(CC(=O)NCc1ccccc1CS(=O)(=O)N1CCOCC1)C(=O)OC(C)(C)C. The highest BCUT2D eigenvalue weighted by molar-refractivity contribution is 7.88. The number of rotatable bonds is 7. The molecule has 168 valence electrons. The number of hydrogen-bond acceptors (Lipinski definition) is 6. The van der Waals surface area contributed by atoms with Crippen LogP contribution in [0, 0.1) is 0 Å². The fourth-order valence-corrected chi connectivity index (χ4v) is 4.42. The van der Waals surface area contributed by atoms with Crippen molar-refractivity contribution in [2.75, 3.05) is 39.9 Å². The van der Waals surface area contributed by atoms with Crippen LogP contribution in [-0.2, 0) is 36.6 Å². The highest BCUT2D eigenvalue weighted by atomic mass is 32.2. The first-order chi connectivity index (χ1) is 14.0. The molecule has 10 heteroatoms. The van der Waals surface area contributed by atoms with E-state index in [1.807, 2.05) is 0 Å². The summed E-state index contributed by atoms with van der Waals surface area (Å²) in [5.74, 6) is -0.508. The third-order valence-electron chi connectivity index (χ3n) is 4.38. The van der Waals surface area contributed by atoms with E-state index in [1.165, 1.54) is 16.3 Å². The summed E-state index contributed by atoms with van der Waals surface area (Å²) in [6.45, 7) is 6.72. The van der Waals surface area contributed by atoms with Gasteiger partial charge in [0.1, 0.15) is 12.1 Å². The molecule has 1 aliphatic rings. The molecular weight excluding hydrogens is 410 g/mol. The van der Waals surface area contributed by atoms with Crippen LogP contribution in [-0.4, -0.2) is 75.1 Å². The molecule has 0 atom stereocenters. The Hall–Kier alpha value is -2.17. The van der Waals surface area contributed by atoms with Crippen molar-refractivity contribution in [3.63, 3.8) is 0 Å². The Morgan fingerprint density at radius 3 is 2.37 bits per heavy atom. The van der Waals surface area contributed by atoms with Gasteiger partial charge in [-0.05, 0) is 31.9 Å². The quantitative estimate of drug-likeness (QED) is 0.684. The summed E-state index contributed by atoms with van der Waals surface area (Å²) < 4.78 is 37.3. The fraction of sp³-hybridized carbons (Fsp3) is 0.600. The van der Waals surface area contributed by atoms with E-state index in [0.717, 1.165) is 0 Å². The van der Waals surface area contributed by atoms with Crippen molar-refractivity contribution in [1.82, 2.24) is 14.5 Å². The number of nitrogens with zero attached hydrogens (tertiary/aromatic N) is 2. The minimum absolute atomic E-state index is 0.142. The van der Waals surface area contributed by atoms with Crippen molar-refractivity contribution in [3.05, 3.63) is 35.4 Å². The van der Waals surface area contributed by atoms with Crippen molar-refractivity contribution in [3.8, 4) is 0 Å². The zero-order valence-corrected chi connectivity index (χ0v) is 18.8. The number of sulfonamides is 1. The summed E-state index contributed by atoms with van der Waals surface area (Å²) in [5.41, 5.74) is 0.694. The maximum absolute atomic E-state index is 12.7. The van der Waals surface area contributed by atoms with Gasteiger partial charge >= 0.3 is 6.09 Å². The van der Waals surface area contributed by atoms with Gasteiger partial charge in [-0.3, -0.25) is 4.79 Å². The van der Waals surface area contributed by atoms with Crippen LogP contribution in [0.15, 0.2) is 24.3 Å². The molecule has 0 bridgehead atoms. The monoisotopic (exact) mass is 441 g/mol. The Labute approximate surface area is 178 Å². The first-order valence-corrected chi connectivity index (χ1v) is 11.4. The van der Waals surface area contributed by atoms with Crippen LogP contribution in [0.1, 0.15) is 31.9 Å². The van der Waals surface area contributed by atoms with Crippen LogP contribution in [0.25, 0.3) is 0 Å². The maximum atomic E-state index is 12.7. The Bertz CT molecular complexity index is 844. The summed E-state index contributed by atoms with van der Waals surface area (Å²) in [5, 5.41) is 2.74. The van der Waals surface area contributed by atoms with Crippen molar-refractivity contribution >= 4 is 22.0 Å². The second-order valence-corrected chi connectivity index (χ2v) is 10.1. The topological polar surface area (TPSA) is 105 Å². The van der Waals surface area contributed by atoms with Gasteiger partial charge in [-0.2, -0.15) is 4.31 Å². The number of hydrogen-bond donors (Lipinski definition) is 1. The van der Waals surface area contributed by atoms with Crippen molar-refractivity contribution in [2.45, 2.75) is 38.7 Å². The van der Waals surface area contributed by atoms with Gasteiger partial charge in [-0.25, -0.2) is 13.2 Å². The lowest BCUT2D eigenvalue weighted by Crippen LogP contribution is -2.41. The molecule has 1 aromatic rings. The molecule has 1 aromatic carbocycles. The molecule has 1 fully saturated rings.